The molecule has 1 heterocycles. The van der Waals surface area contributed by atoms with E-state index in [1.165, 1.54) is 0 Å². The van der Waals surface area contributed by atoms with Crippen molar-refractivity contribution in [3.8, 4) is 0 Å². The van der Waals surface area contributed by atoms with E-state index in [1.54, 1.807) is 6.92 Å². The van der Waals surface area contributed by atoms with Gasteiger partial charge in [-0.15, -0.1) is 0 Å². The third-order valence-corrected chi connectivity index (χ3v) is 9.66. The summed E-state index contributed by atoms with van der Waals surface area (Å²) >= 11 is 3.58. The van der Waals surface area contributed by atoms with Crippen LogP contribution in [0.25, 0.3) is 0 Å². The first kappa shape index (κ1) is 36.1. The molecule has 0 radical (unpaired) electrons. The summed E-state index contributed by atoms with van der Waals surface area (Å²) in [4.78, 5) is 0. The highest BCUT2D eigenvalue weighted by Gasteiger charge is 2.54. The van der Waals surface area contributed by atoms with Crippen molar-refractivity contribution in [2.24, 2.45) is 0 Å². The Morgan fingerprint density at radius 1 is 0.600 bits per heavy atom. The Hall–Kier alpha value is -3.66. The number of ether oxygens (including phenoxy) is 5. The Morgan fingerprint density at radius 3 is 1.52 bits per heavy atom. The molecule has 260 valence electrons. The van der Waals surface area contributed by atoms with E-state index >= 15 is 0 Å². The number of halogens is 1. The minimum Gasteiger partial charge on any atom is -0.383 e. The maximum atomic E-state index is 12.6. The van der Waals surface area contributed by atoms with Crippen molar-refractivity contribution >= 4 is 15.9 Å². The summed E-state index contributed by atoms with van der Waals surface area (Å²) < 4.78 is 34.7. The number of hydrogen-bond donors (Lipinski definition) is 1. The van der Waals surface area contributed by atoms with Gasteiger partial charge in [0.2, 0.25) is 0 Å². The second-order valence-corrected chi connectivity index (χ2v) is 13.9. The summed E-state index contributed by atoms with van der Waals surface area (Å²) in [5.41, 5.74) is 4.31. The Kier molecular flexibility index (Phi) is 12.7. The molecular weight excluding hydrogens is 692 g/mol. The minimum absolute atomic E-state index is 0.219. The summed E-state index contributed by atoms with van der Waals surface area (Å²) in [7, 11) is 0. The molecule has 1 fully saturated rings. The van der Waals surface area contributed by atoms with Crippen molar-refractivity contribution < 1.29 is 28.8 Å². The molecule has 0 amide bonds. The Bertz CT molecular complexity index is 1740. The minimum atomic E-state index is -1.47. The lowest BCUT2D eigenvalue weighted by Crippen LogP contribution is -2.65. The zero-order valence-electron chi connectivity index (χ0n) is 28.6. The highest BCUT2D eigenvalue weighted by molar-refractivity contribution is 9.10. The molecule has 1 saturated heterocycles. The molecule has 1 aliphatic rings. The van der Waals surface area contributed by atoms with Crippen LogP contribution in [0.2, 0.25) is 0 Å². The van der Waals surface area contributed by atoms with Gasteiger partial charge < -0.3 is 28.8 Å². The zero-order chi connectivity index (χ0) is 34.8. The van der Waals surface area contributed by atoms with Crippen molar-refractivity contribution in [2.45, 2.75) is 76.4 Å². The molecule has 1 aliphatic heterocycles. The van der Waals surface area contributed by atoms with Crippen LogP contribution >= 0.6 is 15.9 Å². The van der Waals surface area contributed by atoms with Gasteiger partial charge in [0.25, 0.3) is 0 Å². The molecular formula is C43H45BrO6. The van der Waals surface area contributed by atoms with E-state index in [4.69, 9.17) is 23.7 Å². The van der Waals surface area contributed by atoms with E-state index in [0.29, 0.717) is 26.4 Å². The fourth-order valence-electron chi connectivity index (χ4n) is 6.59. The van der Waals surface area contributed by atoms with Gasteiger partial charge in [0, 0.05) is 4.47 Å². The van der Waals surface area contributed by atoms with Gasteiger partial charge in [0.15, 0.2) is 0 Å². The molecule has 0 bridgehead atoms. The van der Waals surface area contributed by atoms with Crippen LogP contribution in [0.4, 0.5) is 0 Å². The fourth-order valence-corrected chi connectivity index (χ4v) is 7.07. The normalized spacial score (nSPS) is 21.8. The zero-order valence-corrected chi connectivity index (χ0v) is 30.2. The summed E-state index contributed by atoms with van der Waals surface area (Å²) in [5.74, 6) is 0. The molecule has 50 heavy (non-hydrogen) atoms. The number of benzene rings is 5. The molecule has 1 N–H and O–H groups in total. The lowest BCUT2D eigenvalue weighted by molar-refractivity contribution is -0.302. The van der Waals surface area contributed by atoms with Gasteiger partial charge in [-0.25, -0.2) is 0 Å². The first-order valence-corrected chi connectivity index (χ1v) is 17.9. The van der Waals surface area contributed by atoms with Crippen LogP contribution in [-0.4, -0.2) is 42.2 Å². The number of aryl methyl sites for hydroxylation is 1. The van der Waals surface area contributed by atoms with E-state index in [-0.39, 0.29) is 6.61 Å². The standard InChI is InChI=1S/C43H45BrO6/c1-31-25-36(44)23-24-37(31)43(2,45)42-41(49-29-35-21-13-6-14-22-35)40(48-28-34-19-11-5-12-20-34)39(47-27-33-17-9-4-10-18-33)38(50-42)30-46-26-32-15-7-3-8-16-32/h3-25,38-42,45H,26-30H2,1-2H3/t38-,39-,40+,41+,42+,43?/m1/s1. The Labute approximate surface area is 304 Å². The topological polar surface area (TPSA) is 66.4 Å². The first-order valence-electron chi connectivity index (χ1n) is 17.1. The van der Waals surface area contributed by atoms with Crippen molar-refractivity contribution in [3.63, 3.8) is 0 Å². The van der Waals surface area contributed by atoms with E-state index in [1.807, 2.05) is 146 Å². The quantitative estimate of drug-likeness (QED) is 0.116. The molecule has 0 aromatic heterocycles. The van der Waals surface area contributed by atoms with E-state index in [9.17, 15) is 5.11 Å². The third-order valence-electron chi connectivity index (χ3n) is 9.17. The van der Waals surface area contributed by atoms with E-state index < -0.39 is 36.1 Å². The monoisotopic (exact) mass is 736 g/mol. The molecule has 5 aromatic rings. The van der Waals surface area contributed by atoms with Gasteiger partial charge in [-0.1, -0.05) is 143 Å². The third kappa shape index (κ3) is 9.36. The SMILES string of the molecule is Cc1cc(Br)ccc1C(C)(O)[C@H]1O[C@H](COCc2ccccc2)[C@@H](OCc2ccccc2)[C@H](OCc2ccccc2)[C@@H]1OCc1ccccc1. The molecule has 6 nitrogen and oxygen atoms in total. The smallest absolute Gasteiger partial charge is 0.119 e. The van der Waals surface area contributed by atoms with Crippen LogP contribution in [0, 0.1) is 6.92 Å². The average molecular weight is 738 g/mol. The van der Waals surface area contributed by atoms with Gasteiger partial charge in [0.1, 0.15) is 36.1 Å². The molecule has 7 heteroatoms. The second-order valence-electron chi connectivity index (χ2n) is 13.0. The highest BCUT2D eigenvalue weighted by Crippen LogP contribution is 2.40. The van der Waals surface area contributed by atoms with E-state index in [0.717, 1.165) is 37.9 Å². The van der Waals surface area contributed by atoms with Crippen LogP contribution in [0.1, 0.15) is 40.3 Å². The predicted molar refractivity (Wildman–Crippen MR) is 198 cm³/mol. The summed E-state index contributed by atoms with van der Waals surface area (Å²) in [6.45, 7) is 5.38. The van der Waals surface area contributed by atoms with Crippen LogP contribution < -0.4 is 0 Å². The van der Waals surface area contributed by atoms with Crippen molar-refractivity contribution in [3.05, 3.63) is 177 Å². The molecule has 0 saturated carbocycles. The molecule has 6 rings (SSSR count). The van der Waals surface area contributed by atoms with Gasteiger partial charge in [-0.3, -0.25) is 0 Å². The Morgan fingerprint density at radius 2 is 1.04 bits per heavy atom. The molecule has 0 aliphatic carbocycles. The number of hydrogen-bond acceptors (Lipinski definition) is 6. The lowest BCUT2D eigenvalue weighted by atomic mass is 9.80. The average Bonchev–Trinajstić information content (AvgIpc) is 3.14. The Balaban J connectivity index is 1.39. The summed E-state index contributed by atoms with van der Waals surface area (Å²) in [6, 6.07) is 46.1. The second kappa shape index (κ2) is 17.5. The maximum Gasteiger partial charge on any atom is 0.119 e. The number of aliphatic hydroxyl groups is 1. The largest absolute Gasteiger partial charge is 0.383 e. The predicted octanol–water partition coefficient (Wildman–Crippen LogP) is 8.71. The molecule has 0 spiro atoms. The van der Waals surface area contributed by atoms with E-state index in [2.05, 4.69) is 15.9 Å². The van der Waals surface area contributed by atoms with Gasteiger partial charge in [-0.05, 0) is 59.4 Å². The van der Waals surface area contributed by atoms with Crippen molar-refractivity contribution in [1.29, 1.82) is 0 Å². The van der Waals surface area contributed by atoms with Crippen LogP contribution in [0.3, 0.4) is 0 Å². The molecule has 1 unspecified atom stereocenters. The fraction of sp³-hybridized carbons (Fsp3) is 0.302. The molecule has 6 atom stereocenters. The molecule has 5 aromatic carbocycles. The van der Waals surface area contributed by atoms with Crippen molar-refractivity contribution in [2.75, 3.05) is 6.61 Å². The van der Waals surface area contributed by atoms with Crippen LogP contribution in [0.15, 0.2) is 144 Å². The first-order chi connectivity index (χ1) is 24.4. The maximum absolute atomic E-state index is 12.6. The summed E-state index contributed by atoms with van der Waals surface area (Å²) in [6.07, 6.45) is -3.37. The van der Waals surface area contributed by atoms with Gasteiger partial charge in [0.05, 0.1) is 33.0 Å². The van der Waals surface area contributed by atoms with Crippen LogP contribution in [-0.2, 0) is 55.7 Å². The lowest BCUT2D eigenvalue weighted by Gasteiger charge is -2.50. The van der Waals surface area contributed by atoms with Crippen LogP contribution in [0.5, 0.6) is 0 Å². The number of rotatable bonds is 15. The van der Waals surface area contributed by atoms with Gasteiger partial charge in [-0.2, -0.15) is 0 Å². The highest BCUT2D eigenvalue weighted by atomic mass is 79.9. The summed E-state index contributed by atoms with van der Waals surface area (Å²) in [5, 5.41) is 12.6. The van der Waals surface area contributed by atoms with Crippen molar-refractivity contribution in [1.82, 2.24) is 0 Å². The van der Waals surface area contributed by atoms with Gasteiger partial charge >= 0.3 is 0 Å².